The highest BCUT2D eigenvalue weighted by Gasteiger charge is 2.35. The van der Waals surface area contributed by atoms with Crippen LogP contribution in [0.25, 0.3) is 11.2 Å². The molecule has 5 rings (SSSR count). The lowest BCUT2D eigenvalue weighted by Crippen LogP contribution is -2.25. The summed E-state index contributed by atoms with van der Waals surface area (Å²) in [6, 6.07) is 15.9. The van der Waals surface area contributed by atoms with E-state index in [1.807, 2.05) is 67.2 Å². The van der Waals surface area contributed by atoms with Gasteiger partial charge in [0.25, 0.3) is 0 Å². The van der Waals surface area contributed by atoms with E-state index in [2.05, 4.69) is 15.8 Å². The molecule has 1 amide bonds. The molecule has 0 bridgehead atoms. The maximum atomic E-state index is 12.6. The van der Waals surface area contributed by atoms with E-state index in [4.69, 9.17) is 10.1 Å². The summed E-state index contributed by atoms with van der Waals surface area (Å²) in [4.78, 5) is 17.4. The van der Waals surface area contributed by atoms with Gasteiger partial charge in [-0.25, -0.2) is 9.67 Å². The van der Waals surface area contributed by atoms with Gasteiger partial charge < -0.3 is 9.72 Å². The summed E-state index contributed by atoms with van der Waals surface area (Å²) in [5.74, 6) is 1.53. The predicted octanol–water partition coefficient (Wildman–Crippen LogP) is 3.61. The Morgan fingerprint density at radius 1 is 1.07 bits per heavy atom. The molecule has 4 heterocycles. The number of hydrogen-bond donors (Lipinski definition) is 1. The minimum absolute atomic E-state index is 0.0145. The van der Waals surface area contributed by atoms with Crippen LogP contribution in [0.3, 0.4) is 0 Å². The third-order valence-electron chi connectivity index (χ3n) is 5.19. The van der Waals surface area contributed by atoms with Gasteiger partial charge in [-0.2, -0.15) is 5.10 Å². The Kier molecular flexibility index (Phi) is 3.40. The number of pyridine rings is 1. The van der Waals surface area contributed by atoms with Crippen LogP contribution in [0.2, 0.25) is 0 Å². The number of rotatable bonds is 2. The molecule has 0 radical (unpaired) electrons. The number of nitrogens with one attached hydrogen (secondary N) is 1. The van der Waals surface area contributed by atoms with Gasteiger partial charge in [-0.1, -0.05) is 24.3 Å². The van der Waals surface area contributed by atoms with E-state index >= 15 is 0 Å². The number of carbonyl (C=O) groups is 1. The summed E-state index contributed by atoms with van der Waals surface area (Å²) in [5, 5.41) is 7.76. The van der Waals surface area contributed by atoms with Gasteiger partial charge in [0.2, 0.25) is 5.91 Å². The molecule has 1 aliphatic heterocycles. The van der Waals surface area contributed by atoms with Crippen molar-refractivity contribution in [2.45, 2.75) is 26.2 Å². The summed E-state index contributed by atoms with van der Waals surface area (Å²) in [5.41, 5.74) is 4.84. The average molecular weight is 357 g/mol. The van der Waals surface area contributed by atoms with Crippen LogP contribution in [0.15, 0.2) is 54.7 Å². The van der Waals surface area contributed by atoms with Crippen LogP contribution in [-0.4, -0.2) is 25.1 Å². The largest absolute Gasteiger partial charge is 0.310 e. The number of nitrogens with zero attached hydrogens (tertiary/aromatic N) is 4. The second-order valence-electron chi connectivity index (χ2n) is 6.90. The molecule has 6 heteroatoms. The van der Waals surface area contributed by atoms with Crippen molar-refractivity contribution in [3.05, 3.63) is 77.5 Å². The van der Waals surface area contributed by atoms with Gasteiger partial charge >= 0.3 is 0 Å². The second kappa shape index (κ2) is 5.81. The third kappa shape index (κ3) is 2.37. The van der Waals surface area contributed by atoms with Crippen LogP contribution in [-0.2, 0) is 4.79 Å². The third-order valence-corrected chi connectivity index (χ3v) is 5.19. The average Bonchev–Trinajstić information content (AvgIpc) is 3.20. The molecule has 27 heavy (non-hydrogen) atoms. The van der Waals surface area contributed by atoms with Crippen LogP contribution in [0.5, 0.6) is 0 Å². The number of benzene rings is 1. The van der Waals surface area contributed by atoms with Crippen LogP contribution >= 0.6 is 0 Å². The quantitative estimate of drug-likeness (QED) is 0.596. The van der Waals surface area contributed by atoms with Crippen molar-refractivity contribution >= 4 is 17.2 Å². The molecule has 1 aromatic carbocycles. The first kappa shape index (κ1) is 15.8. The Balaban J connectivity index is 1.74. The summed E-state index contributed by atoms with van der Waals surface area (Å²) in [7, 11) is 0. The summed E-state index contributed by atoms with van der Waals surface area (Å²) in [6.45, 7) is 3.98. The second-order valence-corrected chi connectivity index (χ2v) is 6.90. The van der Waals surface area contributed by atoms with Crippen molar-refractivity contribution in [1.29, 1.82) is 0 Å². The van der Waals surface area contributed by atoms with E-state index in [9.17, 15) is 4.79 Å². The fraction of sp³-hybridized carbons (Fsp3) is 0.190. The molecule has 0 saturated heterocycles. The van der Waals surface area contributed by atoms with Gasteiger partial charge in [-0.05, 0) is 38.1 Å². The maximum Gasteiger partial charge on any atom is 0.226 e. The fourth-order valence-corrected chi connectivity index (χ4v) is 4.01. The van der Waals surface area contributed by atoms with Gasteiger partial charge in [0.15, 0.2) is 0 Å². The Morgan fingerprint density at radius 3 is 2.67 bits per heavy atom. The van der Waals surface area contributed by atoms with Crippen molar-refractivity contribution in [1.82, 2.24) is 19.2 Å². The maximum absolute atomic E-state index is 12.6. The first-order valence-corrected chi connectivity index (χ1v) is 9.02. The van der Waals surface area contributed by atoms with E-state index in [1.54, 1.807) is 0 Å². The lowest BCUT2D eigenvalue weighted by atomic mass is 9.88. The lowest BCUT2D eigenvalue weighted by Gasteiger charge is -2.23. The van der Waals surface area contributed by atoms with Crippen LogP contribution in [0.1, 0.15) is 35.1 Å². The molecule has 134 valence electrons. The lowest BCUT2D eigenvalue weighted by molar-refractivity contribution is -0.116. The number of fused-ring (bicyclic) bond motifs is 2. The van der Waals surface area contributed by atoms with Crippen molar-refractivity contribution in [3.8, 4) is 5.69 Å². The minimum atomic E-state index is -0.114. The molecule has 0 aliphatic carbocycles. The Hall–Kier alpha value is -3.41. The van der Waals surface area contributed by atoms with Gasteiger partial charge in [0.05, 0.1) is 22.6 Å². The molecule has 0 saturated carbocycles. The van der Waals surface area contributed by atoms with Crippen LogP contribution in [0.4, 0.5) is 5.82 Å². The molecular weight excluding hydrogens is 338 g/mol. The van der Waals surface area contributed by atoms with Crippen LogP contribution < -0.4 is 5.32 Å². The van der Waals surface area contributed by atoms with E-state index in [1.165, 1.54) is 0 Å². The topological polar surface area (TPSA) is 64.2 Å². The molecule has 4 aromatic rings. The van der Waals surface area contributed by atoms with Gasteiger partial charge in [-0.15, -0.1) is 0 Å². The molecule has 0 fully saturated rings. The highest BCUT2D eigenvalue weighted by Crippen LogP contribution is 2.41. The van der Waals surface area contributed by atoms with E-state index in [0.29, 0.717) is 6.42 Å². The highest BCUT2D eigenvalue weighted by molar-refractivity contribution is 5.95. The molecule has 0 spiro atoms. The van der Waals surface area contributed by atoms with Gasteiger partial charge in [0, 0.05) is 24.1 Å². The van der Waals surface area contributed by atoms with Crippen molar-refractivity contribution < 1.29 is 4.79 Å². The van der Waals surface area contributed by atoms with Gasteiger partial charge in [-0.3, -0.25) is 4.79 Å². The smallest absolute Gasteiger partial charge is 0.226 e. The zero-order valence-electron chi connectivity index (χ0n) is 15.2. The number of imidazole rings is 1. The van der Waals surface area contributed by atoms with Crippen molar-refractivity contribution in [2.75, 3.05) is 5.32 Å². The van der Waals surface area contributed by atoms with E-state index < -0.39 is 0 Å². The monoisotopic (exact) mass is 357 g/mol. The van der Waals surface area contributed by atoms with Crippen molar-refractivity contribution in [3.63, 3.8) is 0 Å². The number of aromatic nitrogens is 4. The van der Waals surface area contributed by atoms with Crippen molar-refractivity contribution in [2.24, 2.45) is 0 Å². The number of carbonyl (C=O) groups excluding carboxylic acids is 1. The Bertz CT molecular complexity index is 1170. The normalized spacial score (nSPS) is 16.4. The standard InChI is InChI=1S/C21H19N5O/c1-13-19-16(20-17-10-6-7-11-25(17)14(2)22-20)12-18(27)23-21(19)26(24-13)15-8-4-3-5-9-15/h3-11,16H,12H2,1-2H3,(H,23,27)/t16-/m0/s1. The molecule has 1 N–H and O–H groups in total. The minimum Gasteiger partial charge on any atom is -0.310 e. The molecular formula is C21H19N5O. The summed E-state index contributed by atoms with van der Waals surface area (Å²) in [6.07, 6.45) is 2.38. The predicted molar refractivity (Wildman–Crippen MR) is 103 cm³/mol. The fourth-order valence-electron chi connectivity index (χ4n) is 4.01. The zero-order valence-corrected chi connectivity index (χ0v) is 15.2. The Morgan fingerprint density at radius 2 is 1.85 bits per heavy atom. The molecule has 3 aromatic heterocycles. The highest BCUT2D eigenvalue weighted by atomic mass is 16.1. The number of amides is 1. The first-order chi connectivity index (χ1) is 13.1. The summed E-state index contributed by atoms with van der Waals surface area (Å²) < 4.78 is 3.89. The molecule has 0 unspecified atom stereocenters. The van der Waals surface area contributed by atoms with Gasteiger partial charge in [0.1, 0.15) is 11.6 Å². The zero-order chi connectivity index (χ0) is 18.5. The number of anilines is 1. The van der Waals surface area contributed by atoms with Crippen LogP contribution in [0, 0.1) is 13.8 Å². The summed E-state index contributed by atoms with van der Waals surface area (Å²) >= 11 is 0. The first-order valence-electron chi connectivity index (χ1n) is 9.02. The number of para-hydroxylation sites is 1. The van der Waals surface area contributed by atoms with E-state index in [0.717, 1.165) is 39.8 Å². The number of hydrogen-bond acceptors (Lipinski definition) is 3. The molecule has 6 nitrogen and oxygen atoms in total. The van der Waals surface area contributed by atoms with E-state index in [-0.39, 0.29) is 11.8 Å². The SMILES string of the molecule is Cc1nn(-c2ccccc2)c2c1[C@@H](c1nc(C)n3ccccc13)CC(=O)N2. The Labute approximate surface area is 156 Å². The number of aryl methyl sites for hydroxylation is 2. The molecule has 1 atom stereocenters. The molecule has 1 aliphatic rings.